The van der Waals surface area contributed by atoms with Crippen molar-refractivity contribution >= 4 is 10.9 Å². The Kier molecular flexibility index (Phi) is 5.61. The molecule has 0 bridgehead atoms. The zero-order valence-electron chi connectivity index (χ0n) is 17.6. The van der Waals surface area contributed by atoms with Crippen molar-refractivity contribution in [2.24, 2.45) is 0 Å². The van der Waals surface area contributed by atoms with Gasteiger partial charge in [0.15, 0.2) is 0 Å². The molecule has 1 atom stereocenters. The van der Waals surface area contributed by atoms with Gasteiger partial charge in [0.25, 0.3) is 0 Å². The van der Waals surface area contributed by atoms with Crippen LogP contribution >= 0.6 is 0 Å². The second-order valence-electron chi connectivity index (χ2n) is 7.79. The van der Waals surface area contributed by atoms with Gasteiger partial charge in [0, 0.05) is 43.0 Å². The van der Waals surface area contributed by atoms with Crippen LogP contribution in [0.1, 0.15) is 17.4 Å². The molecule has 1 fully saturated rings. The third kappa shape index (κ3) is 4.29. The molecule has 4 aromatic rings. The molecule has 0 spiro atoms. The van der Waals surface area contributed by atoms with Gasteiger partial charge >= 0.3 is 0 Å². The predicted octanol–water partition coefficient (Wildman–Crippen LogP) is 4.88. The molecular formula is C26H25N3O2. The summed E-state index contributed by atoms with van der Waals surface area (Å²) in [6, 6.07) is 22.7. The summed E-state index contributed by atoms with van der Waals surface area (Å²) < 4.78 is 11.4. The first kappa shape index (κ1) is 19.7. The van der Waals surface area contributed by atoms with Gasteiger partial charge in [-0.2, -0.15) is 0 Å². The van der Waals surface area contributed by atoms with Gasteiger partial charge in [-0.3, -0.25) is 14.9 Å². The summed E-state index contributed by atoms with van der Waals surface area (Å²) >= 11 is 0. The minimum absolute atomic E-state index is 0.0267. The first-order chi connectivity index (χ1) is 15.3. The lowest BCUT2D eigenvalue weighted by molar-refractivity contribution is -0.0348. The average molecular weight is 412 g/mol. The van der Waals surface area contributed by atoms with Crippen LogP contribution in [-0.4, -0.2) is 41.7 Å². The smallest absolute Gasteiger partial charge is 0.119 e. The Morgan fingerprint density at radius 2 is 1.94 bits per heavy atom. The highest BCUT2D eigenvalue weighted by Gasteiger charge is 2.23. The fourth-order valence-corrected chi connectivity index (χ4v) is 4.14. The largest absolute Gasteiger partial charge is 0.497 e. The van der Waals surface area contributed by atoms with Crippen LogP contribution in [-0.2, 0) is 11.3 Å². The molecule has 2 aromatic heterocycles. The van der Waals surface area contributed by atoms with Gasteiger partial charge in [0.2, 0.25) is 0 Å². The Bertz CT molecular complexity index is 1170. The van der Waals surface area contributed by atoms with Crippen LogP contribution < -0.4 is 4.74 Å². The number of rotatable bonds is 5. The number of aromatic nitrogens is 2. The summed E-state index contributed by atoms with van der Waals surface area (Å²) in [6.07, 6.45) is 3.74. The van der Waals surface area contributed by atoms with Crippen LogP contribution in [0.3, 0.4) is 0 Å². The van der Waals surface area contributed by atoms with E-state index >= 15 is 0 Å². The fraction of sp³-hybridized carbons (Fsp3) is 0.231. The van der Waals surface area contributed by atoms with E-state index in [1.165, 1.54) is 10.9 Å². The second kappa shape index (κ2) is 8.84. The highest BCUT2D eigenvalue weighted by Crippen LogP contribution is 2.27. The van der Waals surface area contributed by atoms with Gasteiger partial charge in [-0.15, -0.1) is 0 Å². The van der Waals surface area contributed by atoms with Crippen molar-refractivity contribution in [1.82, 2.24) is 14.9 Å². The molecule has 5 nitrogen and oxygen atoms in total. The quantitative estimate of drug-likeness (QED) is 0.468. The molecule has 0 saturated carbocycles. The number of fused-ring (bicyclic) bond motifs is 1. The molecule has 156 valence electrons. The number of morpholine rings is 1. The molecule has 1 saturated heterocycles. The van der Waals surface area contributed by atoms with Gasteiger partial charge in [-0.25, -0.2) is 0 Å². The summed E-state index contributed by atoms with van der Waals surface area (Å²) in [5.41, 5.74) is 5.47. The molecular weight excluding hydrogens is 386 g/mol. The normalized spacial score (nSPS) is 17.0. The fourth-order valence-electron chi connectivity index (χ4n) is 4.14. The van der Waals surface area contributed by atoms with E-state index in [0.717, 1.165) is 47.7 Å². The third-order valence-electron chi connectivity index (χ3n) is 5.80. The van der Waals surface area contributed by atoms with E-state index < -0.39 is 0 Å². The maximum Gasteiger partial charge on any atom is 0.119 e. The van der Waals surface area contributed by atoms with Crippen molar-refractivity contribution in [1.29, 1.82) is 0 Å². The summed E-state index contributed by atoms with van der Waals surface area (Å²) in [5, 5.41) is 1.22. The van der Waals surface area contributed by atoms with Crippen LogP contribution in [0.25, 0.3) is 22.0 Å². The van der Waals surface area contributed by atoms with E-state index in [-0.39, 0.29) is 6.10 Å². The minimum atomic E-state index is -0.0267. The molecule has 3 heterocycles. The highest BCUT2D eigenvalue weighted by atomic mass is 16.5. The first-order valence-corrected chi connectivity index (χ1v) is 10.6. The summed E-state index contributed by atoms with van der Waals surface area (Å²) in [7, 11) is 1.68. The van der Waals surface area contributed by atoms with Crippen molar-refractivity contribution in [3.63, 3.8) is 0 Å². The van der Waals surface area contributed by atoms with Crippen molar-refractivity contribution in [3.05, 3.63) is 90.4 Å². The third-order valence-corrected chi connectivity index (χ3v) is 5.80. The number of benzene rings is 2. The standard InChI is InChI=1S/C26H25N3O2/c1-30-22-7-2-5-19(15-22)20-10-11-25(28-16-20)26-18-29(13-14-31-26)17-21-6-3-9-24-23(21)8-4-12-27-24/h2-12,15-16,26H,13-14,17-18H2,1H3/t26-/m1/s1. The lowest BCUT2D eigenvalue weighted by atomic mass is 10.1. The van der Waals surface area contributed by atoms with Crippen LogP contribution in [0.5, 0.6) is 5.75 Å². The van der Waals surface area contributed by atoms with Crippen LogP contribution in [0, 0.1) is 0 Å². The van der Waals surface area contributed by atoms with E-state index in [1.807, 2.05) is 36.7 Å². The number of methoxy groups -OCH3 is 1. The van der Waals surface area contributed by atoms with E-state index in [0.29, 0.717) is 6.61 Å². The van der Waals surface area contributed by atoms with E-state index in [4.69, 9.17) is 14.5 Å². The molecule has 0 amide bonds. The lowest BCUT2D eigenvalue weighted by Gasteiger charge is -2.33. The Hall–Kier alpha value is -3.28. The maximum atomic E-state index is 6.07. The monoisotopic (exact) mass is 411 g/mol. The number of nitrogens with zero attached hydrogens (tertiary/aromatic N) is 3. The molecule has 0 aliphatic carbocycles. The Morgan fingerprint density at radius 1 is 1.00 bits per heavy atom. The summed E-state index contributed by atoms with van der Waals surface area (Å²) in [4.78, 5) is 11.6. The van der Waals surface area contributed by atoms with Crippen molar-refractivity contribution in [3.8, 4) is 16.9 Å². The topological polar surface area (TPSA) is 47.5 Å². The van der Waals surface area contributed by atoms with Crippen LogP contribution in [0.15, 0.2) is 79.1 Å². The predicted molar refractivity (Wildman–Crippen MR) is 122 cm³/mol. The molecule has 5 heteroatoms. The molecule has 0 unspecified atom stereocenters. The first-order valence-electron chi connectivity index (χ1n) is 10.6. The van der Waals surface area contributed by atoms with Crippen LogP contribution in [0.2, 0.25) is 0 Å². The Balaban J connectivity index is 1.31. The van der Waals surface area contributed by atoms with Crippen molar-refractivity contribution < 1.29 is 9.47 Å². The van der Waals surface area contributed by atoms with Gasteiger partial charge in [0.05, 0.1) is 24.9 Å². The van der Waals surface area contributed by atoms with E-state index in [2.05, 4.69) is 52.3 Å². The number of ether oxygens (including phenoxy) is 2. The van der Waals surface area contributed by atoms with Gasteiger partial charge in [0.1, 0.15) is 11.9 Å². The summed E-state index contributed by atoms with van der Waals surface area (Å²) in [5.74, 6) is 0.844. The second-order valence-corrected chi connectivity index (χ2v) is 7.79. The molecule has 0 radical (unpaired) electrons. The zero-order valence-corrected chi connectivity index (χ0v) is 17.6. The average Bonchev–Trinajstić information content (AvgIpc) is 2.85. The van der Waals surface area contributed by atoms with Crippen molar-refractivity contribution in [2.45, 2.75) is 12.6 Å². The number of pyridine rings is 2. The Labute approximate surface area is 182 Å². The van der Waals surface area contributed by atoms with Gasteiger partial charge < -0.3 is 9.47 Å². The molecule has 5 rings (SSSR count). The van der Waals surface area contributed by atoms with Crippen molar-refractivity contribution in [2.75, 3.05) is 26.8 Å². The molecule has 1 aliphatic rings. The highest BCUT2D eigenvalue weighted by molar-refractivity contribution is 5.81. The number of hydrogen-bond acceptors (Lipinski definition) is 5. The number of hydrogen-bond donors (Lipinski definition) is 0. The Morgan fingerprint density at radius 3 is 2.81 bits per heavy atom. The SMILES string of the molecule is COc1cccc(-c2ccc([C@H]3CN(Cc4cccc5ncccc45)CCO3)nc2)c1. The van der Waals surface area contributed by atoms with E-state index in [9.17, 15) is 0 Å². The van der Waals surface area contributed by atoms with Crippen LogP contribution in [0.4, 0.5) is 0 Å². The zero-order chi connectivity index (χ0) is 21.0. The molecule has 0 N–H and O–H groups in total. The molecule has 31 heavy (non-hydrogen) atoms. The van der Waals surface area contributed by atoms with E-state index in [1.54, 1.807) is 7.11 Å². The summed E-state index contributed by atoms with van der Waals surface area (Å²) in [6.45, 7) is 3.31. The minimum Gasteiger partial charge on any atom is -0.497 e. The maximum absolute atomic E-state index is 6.07. The molecule has 2 aromatic carbocycles. The lowest BCUT2D eigenvalue weighted by Crippen LogP contribution is -2.38. The van der Waals surface area contributed by atoms with Gasteiger partial charge in [-0.05, 0) is 41.5 Å². The van der Waals surface area contributed by atoms with Gasteiger partial charge in [-0.1, -0.05) is 36.4 Å². The molecule has 1 aliphatic heterocycles.